The molecule has 1 aliphatic rings. The lowest BCUT2D eigenvalue weighted by atomic mass is 9.80. The molecule has 1 fully saturated rings. The average molecular weight is 240 g/mol. The molecule has 1 atom stereocenters. The molecule has 0 aliphatic heterocycles. The Hall–Kier alpha value is -1.41. The molecule has 0 amide bonds. The molecule has 1 aromatic heterocycles. The van der Waals surface area contributed by atoms with Gasteiger partial charge in [0.15, 0.2) is 0 Å². The first kappa shape index (κ1) is 11.7. The van der Waals surface area contributed by atoms with E-state index in [2.05, 4.69) is 31.2 Å². The van der Waals surface area contributed by atoms with Crippen molar-refractivity contribution >= 4 is 10.9 Å². The highest BCUT2D eigenvalue weighted by molar-refractivity contribution is 5.82. The molecule has 3 rings (SSSR count). The van der Waals surface area contributed by atoms with Crippen molar-refractivity contribution < 1.29 is 0 Å². The van der Waals surface area contributed by atoms with Crippen molar-refractivity contribution in [1.29, 1.82) is 0 Å². The van der Waals surface area contributed by atoms with Crippen LogP contribution in [0.1, 0.15) is 43.0 Å². The van der Waals surface area contributed by atoms with Gasteiger partial charge in [0.1, 0.15) is 0 Å². The zero-order valence-electron chi connectivity index (χ0n) is 10.9. The molecule has 1 aromatic carbocycles. The number of nitrogens with zero attached hydrogens (tertiary/aromatic N) is 1. The maximum Gasteiger partial charge on any atom is 0.0708 e. The molecule has 0 radical (unpaired) electrons. The minimum Gasteiger partial charge on any atom is -0.323 e. The van der Waals surface area contributed by atoms with E-state index in [1.807, 2.05) is 6.07 Å². The van der Waals surface area contributed by atoms with Crippen LogP contribution in [0.4, 0.5) is 0 Å². The molecular weight excluding hydrogens is 220 g/mol. The second-order valence-corrected chi connectivity index (χ2v) is 5.52. The van der Waals surface area contributed by atoms with Gasteiger partial charge in [0.2, 0.25) is 0 Å². The predicted octanol–water partition coefficient (Wildman–Crippen LogP) is 3.73. The summed E-state index contributed by atoms with van der Waals surface area (Å²) >= 11 is 0. The molecule has 0 spiro atoms. The van der Waals surface area contributed by atoms with Gasteiger partial charge in [0.05, 0.1) is 11.2 Å². The van der Waals surface area contributed by atoms with Crippen molar-refractivity contribution in [3.05, 3.63) is 41.6 Å². The van der Waals surface area contributed by atoms with Crippen molar-refractivity contribution in [1.82, 2.24) is 4.98 Å². The summed E-state index contributed by atoms with van der Waals surface area (Å²) < 4.78 is 0. The van der Waals surface area contributed by atoms with Crippen LogP contribution in [0.5, 0.6) is 0 Å². The Bertz CT molecular complexity index is 558. The summed E-state index contributed by atoms with van der Waals surface area (Å²) in [5, 5.41) is 1.23. The van der Waals surface area contributed by atoms with E-state index >= 15 is 0 Å². The minimum atomic E-state index is 0.0959. The standard InChI is InChI=1S/C16H20N2/c1-11-9-16(14(17)10-12-5-4-6-12)18-15-8-3-2-7-13(11)15/h2-3,7-9,12,14H,4-6,10,17H2,1H3. The number of hydrogen-bond donors (Lipinski definition) is 1. The Balaban J connectivity index is 1.91. The molecule has 1 unspecified atom stereocenters. The first-order valence-corrected chi connectivity index (χ1v) is 6.86. The molecule has 0 bridgehead atoms. The fraction of sp³-hybridized carbons (Fsp3) is 0.438. The summed E-state index contributed by atoms with van der Waals surface area (Å²) in [6, 6.07) is 10.5. The van der Waals surface area contributed by atoms with Gasteiger partial charge in [-0.25, -0.2) is 0 Å². The predicted molar refractivity (Wildman–Crippen MR) is 75.4 cm³/mol. The molecule has 94 valence electrons. The van der Waals surface area contributed by atoms with Gasteiger partial charge in [0.25, 0.3) is 0 Å². The molecule has 2 N–H and O–H groups in total. The van der Waals surface area contributed by atoms with Crippen molar-refractivity contribution in [2.24, 2.45) is 11.7 Å². The number of benzene rings is 1. The van der Waals surface area contributed by atoms with Crippen molar-refractivity contribution in [3.8, 4) is 0 Å². The summed E-state index contributed by atoms with van der Waals surface area (Å²) in [6.07, 6.45) is 5.16. The maximum absolute atomic E-state index is 6.30. The van der Waals surface area contributed by atoms with E-state index in [-0.39, 0.29) is 6.04 Å². The number of hydrogen-bond acceptors (Lipinski definition) is 2. The van der Waals surface area contributed by atoms with E-state index in [1.165, 1.54) is 30.2 Å². The number of fused-ring (bicyclic) bond motifs is 1. The van der Waals surface area contributed by atoms with E-state index in [4.69, 9.17) is 10.7 Å². The van der Waals surface area contributed by atoms with Crippen LogP contribution in [-0.2, 0) is 0 Å². The molecule has 2 nitrogen and oxygen atoms in total. The highest BCUT2D eigenvalue weighted by Crippen LogP contribution is 2.34. The molecule has 1 aliphatic carbocycles. The fourth-order valence-electron chi connectivity index (χ4n) is 2.77. The first-order valence-electron chi connectivity index (χ1n) is 6.86. The molecule has 1 heterocycles. The first-order chi connectivity index (χ1) is 8.74. The summed E-state index contributed by atoms with van der Waals surface area (Å²) in [5.74, 6) is 0.827. The van der Waals surface area contributed by atoms with Crippen LogP contribution in [0.3, 0.4) is 0 Å². The lowest BCUT2D eigenvalue weighted by molar-refractivity contribution is 0.276. The van der Waals surface area contributed by atoms with Crippen LogP contribution in [-0.4, -0.2) is 4.98 Å². The number of rotatable bonds is 3. The Morgan fingerprint density at radius 2 is 2.11 bits per heavy atom. The van der Waals surface area contributed by atoms with E-state index < -0.39 is 0 Å². The van der Waals surface area contributed by atoms with Gasteiger partial charge in [-0.15, -0.1) is 0 Å². The topological polar surface area (TPSA) is 38.9 Å². The lowest BCUT2D eigenvalue weighted by Gasteiger charge is -2.28. The molecular formula is C16H20N2. The molecule has 18 heavy (non-hydrogen) atoms. The highest BCUT2D eigenvalue weighted by atomic mass is 14.8. The largest absolute Gasteiger partial charge is 0.323 e. The van der Waals surface area contributed by atoms with Crippen molar-refractivity contribution in [2.45, 2.75) is 38.6 Å². The maximum atomic E-state index is 6.30. The Morgan fingerprint density at radius 3 is 2.83 bits per heavy atom. The van der Waals surface area contributed by atoms with Gasteiger partial charge in [0, 0.05) is 11.4 Å². The lowest BCUT2D eigenvalue weighted by Crippen LogP contribution is -2.21. The normalized spacial score (nSPS) is 17.7. The van der Waals surface area contributed by atoms with Gasteiger partial charge in [-0.1, -0.05) is 37.5 Å². The van der Waals surface area contributed by atoms with E-state index in [9.17, 15) is 0 Å². The van der Waals surface area contributed by atoms with Crippen LogP contribution in [0.15, 0.2) is 30.3 Å². The number of pyridine rings is 1. The molecule has 1 saturated carbocycles. The van der Waals surface area contributed by atoms with Crippen LogP contribution in [0.25, 0.3) is 10.9 Å². The Labute approximate surface area is 108 Å². The quantitative estimate of drug-likeness (QED) is 0.887. The van der Waals surface area contributed by atoms with Crippen LogP contribution < -0.4 is 5.73 Å². The van der Waals surface area contributed by atoms with Crippen LogP contribution in [0.2, 0.25) is 0 Å². The molecule has 2 heteroatoms. The number of aromatic nitrogens is 1. The van der Waals surface area contributed by atoms with Crippen molar-refractivity contribution in [2.75, 3.05) is 0 Å². The van der Waals surface area contributed by atoms with E-state index in [1.54, 1.807) is 0 Å². The second kappa shape index (κ2) is 4.69. The number of aryl methyl sites for hydroxylation is 1. The monoisotopic (exact) mass is 240 g/mol. The summed E-state index contributed by atoms with van der Waals surface area (Å²) in [6.45, 7) is 2.14. The van der Waals surface area contributed by atoms with Crippen molar-refractivity contribution in [3.63, 3.8) is 0 Å². The SMILES string of the molecule is Cc1cc(C(N)CC2CCC2)nc2ccccc12. The third kappa shape index (κ3) is 2.13. The third-order valence-corrected chi connectivity index (χ3v) is 4.13. The fourth-order valence-corrected chi connectivity index (χ4v) is 2.77. The van der Waals surface area contributed by atoms with Gasteiger partial charge in [-0.2, -0.15) is 0 Å². The molecule has 0 saturated heterocycles. The highest BCUT2D eigenvalue weighted by Gasteiger charge is 2.21. The zero-order chi connectivity index (χ0) is 12.5. The van der Waals surface area contributed by atoms with E-state index in [0.717, 1.165) is 23.5 Å². The second-order valence-electron chi connectivity index (χ2n) is 5.52. The van der Waals surface area contributed by atoms with Gasteiger partial charge in [-0.05, 0) is 37.0 Å². The Kier molecular flexibility index (Phi) is 3.04. The van der Waals surface area contributed by atoms with Gasteiger partial charge >= 0.3 is 0 Å². The van der Waals surface area contributed by atoms with Crippen LogP contribution in [0, 0.1) is 12.8 Å². The number of nitrogens with two attached hydrogens (primary N) is 1. The smallest absolute Gasteiger partial charge is 0.0708 e. The third-order valence-electron chi connectivity index (χ3n) is 4.13. The van der Waals surface area contributed by atoms with Gasteiger partial charge in [-0.3, -0.25) is 4.98 Å². The van der Waals surface area contributed by atoms with E-state index in [0.29, 0.717) is 0 Å². The van der Waals surface area contributed by atoms with Crippen LogP contribution >= 0.6 is 0 Å². The summed E-state index contributed by atoms with van der Waals surface area (Å²) in [5.41, 5.74) is 9.70. The average Bonchev–Trinajstić information content (AvgIpc) is 2.33. The van der Waals surface area contributed by atoms with Gasteiger partial charge < -0.3 is 5.73 Å². The Morgan fingerprint density at radius 1 is 1.33 bits per heavy atom. The minimum absolute atomic E-state index is 0.0959. The zero-order valence-corrected chi connectivity index (χ0v) is 10.9. The summed E-state index contributed by atoms with van der Waals surface area (Å²) in [7, 11) is 0. The number of para-hydroxylation sites is 1. The molecule has 2 aromatic rings. The summed E-state index contributed by atoms with van der Waals surface area (Å²) in [4.78, 5) is 4.72.